The van der Waals surface area contributed by atoms with E-state index in [1.165, 1.54) is 42.8 Å². The van der Waals surface area contributed by atoms with Crippen molar-refractivity contribution < 1.29 is 0 Å². The quantitative estimate of drug-likeness (QED) is 0.763. The van der Waals surface area contributed by atoms with Crippen LogP contribution in [0.15, 0.2) is 24.3 Å². The van der Waals surface area contributed by atoms with E-state index in [-0.39, 0.29) is 0 Å². The van der Waals surface area contributed by atoms with Crippen LogP contribution in [0.5, 0.6) is 0 Å². The molecule has 19 heavy (non-hydrogen) atoms. The van der Waals surface area contributed by atoms with Gasteiger partial charge in [-0.25, -0.2) is 0 Å². The van der Waals surface area contributed by atoms with Crippen LogP contribution in [0.3, 0.4) is 0 Å². The molecule has 0 amide bonds. The van der Waals surface area contributed by atoms with Crippen molar-refractivity contribution in [2.75, 3.05) is 31.2 Å². The Morgan fingerprint density at radius 1 is 1.32 bits per heavy atom. The Kier molecular flexibility index (Phi) is 6.05. The van der Waals surface area contributed by atoms with Gasteiger partial charge in [-0.1, -0.05) is 19.1 Å². The van der Waals surface area contributed by atoms with Crippen molar-refractivity contribution in [3.8, 4) is 0 Å². The van der Waals surface area contributed by atoms with E-state index in [2.05, 4.69) is 48.5 Å². The molecule has 3 heteroatoms. The van der Waals surface area contributed by atoms with E-state index in [0.717, 1.165) is 12.3 Å². The second-order valence-corrected chi connectivity index (χ2v) is 6.51. The SMILES string of the molecule is CCCSCc1ccc(NCC2CCCN2C)cc1. The van der Waals surface area contributed by atoms with Crippen LogP contribution in [-0.2, 0) is 5.75 Å². The number of thioether (sulfide) groups is 1. The average Bonchev–Trinajstić information content (AvgIpc) is 2.84. The maximum Gasteiger partial charge on any atom is 0.0340 e. The molecule has 1 heterocycles. The summed E-state index contributed by atoms with van der Waals surface area (Å²) in [4.78, 5) is 2.46. The summed E-state index contributed by atoms with van der Waals surface area (Å²) in [6, 6.07) is 9.65. The average molecular weight is 278 g/mol. The lowest BCUT2D eigenvalue weighted by molar-refractivity contribution is 0.322. The van der Waals surface area contributed by atoms with Crippen LogP contribution in [0.4, 0.5) is 5.69 Å². The normalized spacial score (nSPS) is 19.8. The lowest BCUT2D eigenvalue weighted by Gasteiger charge is -2.20. The Hall–Kier alpha value is -0.670. The first-order chi connectivity index (χ1) is 9.29. The Labute approximate surface area is 122 Å². The molecule has 1 aliphatic rings. The van der Waals surface area contributed by atoms with Crippen LogP contribution in [0.1, 0.15) is 31.7 Å². The molecule has 1 saturated heterocycles. The van der Waals surface area contributed by atoms with Crippen molar-refractivity contribution in [2.24, 2.45) is 0 Å². The highest BCUT2D eigenvalue weighted by atomic mass is 32.2. The van der Waals surface area contributed by atoms with E-state index in [9.17, 15) is 0 Å². The fraction of sp³-hybridized carbons (Fsp3) is 0.625. The molecule has 0 aliphatic carbocycles. The third-order valence-corrected chi connectivity index (χ3v) is 5.02. The zero-order chi connectivity index (χ0) is 13.5. The standard InChI is InChI=1S/C16H26N2S/c1-3-11-19-13-14-6-8-15(9-7-14)17-12-16-5-4-10-18(16)2/h6-9,16-17H,3-5,10-13H2,1-2H3. The number of likely N-dealkylation sites (tertiary alicyclic amines) is 1. The van der Waals surface area contributed by atoms with Crippen molar-refractivity contribution in [1.82, 2.24) is 4.90 Å². The van der Waals surface area contributed by atoms with Gasteiger partial charge in [0, 0.05) is 24.0 Å². The highest BCUT2D eigenvalue weighted by molar-refractivity contribution is 7.98. The summed E-state index contributed by atoms with van der Waals surface area (Å²) in [6.45, 7) is 4.56. The summed E-state index contributed by atoms with van der Waals surface area (Å²) in [5, 5.41) is 3.56. The molecule has 1 aliphatic heterocycles. The number of anilines is 1. The van der Waals surface area contributed by atoms with E-state index in [4.69, 9.17) is 0 Å². The summed E-state index contributed by atoms with van der Waals surface area (Å²) >= 11 is 2.02. The van der Waals surface area contributed by atoms with Gasteiger partial charge >= 0.3 is 0 Å². The molecule has 2 nitrogen and oxygen atoms in total. The zero-order valence-electron chi connectivity index (χ0n) is 12.2. The maximum atomic E-state index is 3.56. The molecule has 0 bridgehead atoms. The van der Waals surface area contributed by atoms with Gasteiger partial charge in [0.1, 0.15) is 0 Å². The maximum absolute atomic E-state index is 3.56. The lowest BCUT2D eigenvalue weighted by Crippen LogP contribution is -2.31. The van der Waals surface area contributed by atoms with E-state index in [1.54, 1.807) is 0 Å². The van der Waals surface area contributed by atoms with Gasteiger partial charge in [0.2, 0.25) is 0 Å². The minimum absolute atomic E-state index is 0.708. The predicted octanol–water partition coefficient (Wildman–Crippen LogP) is 3.84. The Balaban J connectivity index is 1.75. The van der Waals surface area contributed by atoms with Crippen molar-refractivity contribution in [1.29, 1.82) is 0 Å². The summed E-state index contributed by atoms with van der Waals surface area (Å²) in [7, 11) is 2.23. The Bertz CT molecular complexity index is 364. The van der Waals surface area contributed by atoms with Gasteiger partial charge in [-0.05, 0) is 56.3 Å². The van der Waals surface area contributed by atoms with Crippen molar-refractivity contribution in [2.45, 2.75) is 38.0 Å². The number of hydrogen-bond donors (Lipinski definition) is 1. The molecule has 1 fully saturated rings. The van der Waals surface area contributed by atoms with E-state index >= 15 is 0 Å². The Morgan fingerprint density at radius 3 is 2.74 bits per heavy atom. The van der Waals surface area contributed by atoms with Crippen LogP contribution in [0, 0.1) is 0 Å². The number of rotatable bonds is 7. The number of nitrogens with zero attached hydrogens (tertiary/aromatic N) is 1. The third kappa shape index (κ3) is 4.73. The summed E-state index contributed by atoms with van der Waals surface area (Å²) in [6.07, 6.45) is 3.94. The summed E-state index contributed by atoms with van der Waals surface area (Å²) < 4.78 is 0. The van der Waals surface area contributed by atoms with Gasteiger partial charge in [-0.2, -0.15) is 11.8 Å². The van der Waals surface area contributed by atoms with Crippen LogP contribution < -0.4 is 5.32 Å². The van der Waals surface area contributed by atoms with Crippen LogP contribution in [-0.4, -0.2) is 36.8 Å². The number of hydrogen-bond acceptors (Lipinski definition) is 3. The molecule has 106 valence electrons. The van der Waals surface area contributed by atoms with Gasteiger partial charge in [0.05, 0.1) is 0 Å². The minimum Gasteiger partial charge on any atom is -0.383 e. The summed E-state index contributed by atoms with van der Waals surface area (Å²) in [5.41, 5.74) is 2.69. The molecule has 2 rings (SSSR count). The van der Waals surface area contributed by atoms with E-state index in [0.29, 0.717) is 6.04 Å². The van der Waals surface area contributed by atoms with Crippen LogP contribution in [0.2, 0.25) is 0 Å². The topological polar surface area (TPSA) is 15.3 Å². The van der Waals surface area contributed by atoms with Crippen LogP contribution in [0.25, 0.3) is 0 Å². The highest BCUT2D eigenvalue weighted by Gasteiger charge is 2.19. The zero-order valence-corrected chi connectivity index (χ0v) is 13.0. The number of benzene rings is 1. The smallest absolute Gasteiger partial charge is 0.0340 e. The van der Waals surface area contributed by atoms with E-state index < -0.39 is 0 Å². The fourth-order valence-corrected chi connectivity index (χ4v) is 3.39. The van der Waals surface area contributed by atoms with E-state index in [1.807, 2.05) is 11.8 Å². The molecule has 0 radical (unpaired) electrons. The molecule has 1 aromatic rings. The third-order valence-electron chi connectivity index (χ3n) is 3.78. The van der Waals surface area contributed by atoms with Gasteiger partial charge in [0.25, 0.3) is 0 Å². The second-order valence-electron chi connectivity index (χ2n) is 5.41. The van der Waals surface area contributed by atoms with Crippen molar-refractivity contribution >= 4 is 17.4 Å². The molecular formula is C16H26N2S. The van der Waals surface area contributed by atoms with Gasteiger partial charge in [-0.15, -0.1) is 0 Å². The predicted molar refractivity (Wildman–Crippen MR) is 87.0 cm³/mol. The first-order valence-corrected chi connectivity index (χ1v) is 8.56. The second kappa shape index (κ2) is 7.81. The molecular weight excluding hydrogens is 252 g/mol. The number of nitrogens with one attached hydrogen (secondary N) is 1. The molecule has 1 atom stereocenters. The lowest BCUT2D eigenvalue weighted by atomic mass is 10.2. The highest BCUT2D eigenvalue weighted by Crippen LogP contribution is 2.18. The fourth-order valence-electron chi connectivity index (χ4n) is 2.53. The molecule has 0 aromatic heterocycles. The Morgan fingerprint density at radius 2 is 2.11 bits per heavy atom. The van der Waals surface area contributed by atoms with Crippen LogP contribution >= 0.6 is 11.8 Å². The van der Waals surface area contributed by atoms with Crippen molar-refractivity contribution in [3.05, 3.63) is 29.8 Å². The van der Waals surface area contributed by atoms with Gasteiger partial charge in [0.15, 0.2) is 0 Å². The monoisotopic (exact) mass is 278 g/mol. The number of likely N-dealkylation sites (N-methyl/N-ethyl adjacent to an activating group) is 1. The first kappa shape index (κ1) is 14.7. The first-order valence-electron chi connectivity index (χ1n) is 7.40. The minimum atomic E-state index is 0.708. The molecule has 0 saturated carbocycles. The molecule has 1 aromatic carbocycles. The van der Waals surface area contributed by atoms with Gasteiger partial charge in [-0.3, -0.25) is 0 Å². The van der Waals surface area contributed by atoms with Crippen molar-refractivity contribution in [3.63, 3.8) is 0 Å². The molecule has 1 N–H and O–H groups in total. The van der Waals surface area contributed by atoms with Gasteiger partial charge < -0.3 is 10.2 Å². The molecule has 1 unspecified atom stereocenters. The molecule has 0 spiro atoms. The largest absolute Gasteiger partial charge is 0.383 e. The summed E-state index contributed by atoms with van der Waals surface area (Å²) in [5.74, 6) is 2.40.